The molecule has 1 atom stereocenters. The summed E-state index contributed by atoms with van der Waals surface area (Å²) in [5.41, 5.74) is 0.835. The van der Waals surface area contributed by atoms with Crippen LogP contribution in [0.5, 0.6) is 0 Å². The molecule has 0 spiro atoms. The first-order valence-corrected chi connectivity index (χ1v) is 7.45. The van der Waals surface area contributed by atoms with Crippen molar-refractivity contribution in [3.8, 4) is 0 Å². The lowest BCUT2D eigenvalue weighted by Gasteiger charge is -2.10. The van der Waals surface area contributed by atoms with Crippen LogP contribution in [-0.2, 0) is 16.4 Å². The van der Waals surface area contributed by atoms with Gasteiger partial charge in [0.1, 0.15) is 0 Å². The molecule has 7 heteroatoms. The van der Waals surface area contributed by atoms with Crippen molar-refractivity contribution in [3.63, 3.8) is 0 Å². The summed E-state index contributed by atoms with van der Waals surface area (Å²) in [6.07, 6.45) is 0.608. The van der Waals surface area contributed by atoms with Gasteiger partial charge in [0.25, 0.3) is 5.69 Å². The topological polar surface area (TPSA) is 89.3 Å². The van der Waals surface area contributed by atoms with Crippen LogP contribution in [-0.4, -0.2) is 30.9 Å². The Kier molecular flexibility index (Phi) is 3.63. The molecule has 0 radical (unpaired) electrons. The first-order valence-electron chi connectivity index (χ1n) is 5.63. The Morgan fingerprint density at radius 3 is 2.83 bits per heavy atom. The normalized spacial score (nSPS) is 21.9. The molecule has 1 aliphatic rings. The lowest BCUT2D eigenvalue weighted by molar-refractivity contribution is -0.384. The highest BCUT2D eigenvalue weighted by Gasteiger charge is 2.27. The van der Waals surface area contributed by atoms with E-state index in [1.54, 1.807) is 12.1 Å². The molecule has 1 unspecified atom stereocenters. The van der Waals surface area contributed by atoms with Crippen LogP contribution in [0, 0.1) is 10.1 Å². The Balaban J connectivity index is 1.95. The fraction of sp³-hybridized carbons (Fsp3) is 0.455. The highest BCUT2D eigenvalue weighted by molar-refractivity contribution is 7.91. The Bertz CT molecular complexity index is 556. The summed E-state index contributed by atoms with van der Waals surface area (Å²) in [4.78, 5) is 10.2. The summed E-state index contributed by atoms with van der Waals surface area (Å²) < 4.78 is 22.5. The predicted molar refractivity (Wildman–Crippen MR) is 67.0 cm³/mol. The van der Waals surface area contributed by atoms with Crippen molar-refractivity contribution in [2.24, 2.45) is 0 Å². The van der Waals surface area contributed by atoms with E-state index < -0.39 is 14.8 Å². The van der Waals surface area contributed by atoms with Gasteiger partial charge in [-0.1, -0.05) is 12.1 Å². The number of nitrogens with one attached hydrogen (secondary N) is 1. The maximum atomic E-state index is 11.3. The molecule has 1 heterocycles. The summed E-state index contributed by atoms with van der Waals surface area (Å²) in [6.45, 7) is 0.446. The lowest BCUT2D eigenvalue weighted by Crippen LogP contribution is -2.29. The molecule has 1 saturated heterocycles. The monoisotopic (exact) mass is 270 g/mol. The number of nitro groups is 1. The molecule has 2 rings (SSSR count). The number of nitro benzene ring substituents is 1. The molecule has 0 aromatic heterocycles. The smallest absolute Gasteiger partial charge is 0.269 e. The second-order valence-corrected chi connectivity index (χ2v) is 6.64. The Morgan fingerprint density at radius 2 is 2.22 bits per heavy atom. The maximum absolute atomic E-state index is 11.3. The van der Waals surface area contributed by atoms with Crippen molar-refractivity contribution in [1.82, 2.24) is 5.32 Å². The minimum Gasteiger partial charge on any atom is -0.309 e. The minimum atomic E-state index is -2.89. The summed E-state index contributed by atoms with van der Waals surface area (Å²) in [6, 6.07) is 6.29. The number of non-ortho nitro benzene ring substituents is 1. The average Bonchev–Trinajstić information content (AvgIpc) is 2.67. The molecule has 98 valence electrons. The molecule has 18 heavy (non-hydrogen) atoms. The van der Waals surface area contributed by atoms with Crippen molar-refractivity contribution >= 4 is 15.5 Å². The SMILES string of the molecule is O=[N+]([O-])c1cccc(CNC2CCS(=O)(=O)C2)c1. The summed E-state index contributed by atoms with van der Waals surface area (Å²) >= 11 is 0. The number of rotatable bonds is 4. The predicted octanol–water partition coefficient (Wildman–Crippen LogP) is 0.872. The Labute approximate surface area is 105 Å². The number of hydrogen-bond donors (Lipinski definition) is 1. The van der Waals surface area contributed by atoms with Gasteiger partial charge in [0.05, 0.1) is 16.4 Å². The minimum absolute atomic E-state index is 0.0470. The molecule has 0 amide bonds. The van der Waals surface area contributed by atoms with E-state index in [4.69, 9.17) is 0 Å². The second kappa shape index (κ2) is 5.03. The van der Waals surface area contributed by atoms with Crippen LogP contribution in [0.15, 0.2) is 24.3 Å². The second-order valence-electron chi connectivity index (χ2n) is 4.41. The van der Waals surface area contributed by atoms with Crippen molar-refractivity contribution in [3.05, 3.63) is 39.9 Å². The fourth-order valence-electron chi connectivity index (χ4n) is 2.00. The molecule has 0 bridgehead atoms. The summed E-state index contributed by atoms with van der Waals surface area (Å²) in [7, 11) is -2.89. The van der Waals surface area contributed by atoms with Crippen molar-refractivity contribution in [2.45, 2.75) is 19.0 Å². The standard InChI is InChI=1S/C11H14N2O4S/c14-13(15)11-3-1-2-9(6-11)7-12-10-4-5-18(16,17)8-10/h1-3,6,10,12H,4-5,7-8H2. The lowest BCUT2D eigenvalue weighted by atomic mass is 10.2. The Morgan fingerprint density at radius 1 is 1.44 bits per heavy atom. The number of sulfone groups is 1. The first kappa shape index (κ1) is 13.0. The van der Waals surface area contributed by atoms with Crippen LogP contribution >= 0.6 is 0 Å². The highest BCUT2D eigenvalue weighted by atomic mass is 32.2. The van der Waals surface area contributed by atoms with Gasteiger partial charge in [-0.15, -0.1) is 0 Å². The number of benzene rings is 1. The zero-order chi connectivity index (χ0) is 13.2. The third kappa shape index (κ3) is 3.27. The zero-order valence-electron chi connectivity index (χ0n) is 9.70. The third-order valence-electron chi connectivity index (χ3n) is 2.95. The van der Waals surface area contributed by atoms with E-state index in [-0.39, 0.29) is 23.2 Å². The molecule has 1 aromatic carbocycles. The zero-order valence-corrected chi connectivity index (χ0v) is 10.5. The van der Waals surface area contributed by atoms with Crippen LogP contribution in [0.25, 0.3) is 0 Å². The van der Waals surface area contributed by atoms with Crippen LogP contribution in [0.4, 0.5) is 5.69 Å². The maximum Gasteiger partial charge on any atom is 0.269 e. The van der Waals surface area contributed by atoms with Crippen LogP contribution in [0.3, 0.4) is 0 Å². The highest BCUT2D eigenvalue weighted by Crippen LogP contribution is 2.15. The van der Waals surface area contributed by atoms with Gasteiger partial charge in [-0.3, -0.25) is 10.1 Å². The molecule has 1 fully saturated rings. The van der Waals surface area contributed by atoms with Gasteiger partial charge in [-0.2, -0.15) is 0 Å². The van der Waals surface area contributed by atoms with Crippen molar-refractivity contribution < 1.29 is 13.3 Å². The molecule has 0 aliphatic carbocycles. The molecule has 1 N–H and O–H groups in total. The van der Waals surface area contributed by atoms with Crippen LogP contribution in [0.1, 0.15) is 12.0 Å². The van der Waals surface area contributed by atoms with E-state index in [1.807, 2.05) is 0 Å². The fourth-order valence-corrected chi connectivity index (χ4v) is 3.71. The van der Waals surface area contributed by atoms with Gasteiger partial charge < -0.3 is 5.32 Å². The van der Waals surface area contributed by atoms with Gasteiger partial charge in [-0.05, 0) is 12.0 Å². The summed E-state index contributed by atoms with van der Waals surface area (Å²) in [5.74, 6) is 0.377. The van der Waals surface area contributed by atoms with E-state index >= 15 is 0 Å². The van der Waals surface area contributed by atoms with Crippen LogP contribution < -0.4 is 5.32 Å². The van der Waals surface area contributed by atoms with E-state index in [0.29, 0.717) is 13.0 Å². The third-order valence-corrected chi connectivity index (χ3v) is 4.72. The van der Waals surface area contributed by atoms with Crippen LogP contribution in [0.2, 0.25) is 0 Å². The van der Waals surface area contributed by atoms with E-state index in [9.17, 15) is 18.5 Å². The number of nitrogens with zero attached hydrogens (tertiary/aromatic N) is 1. The average molecular weight is 270 g/mol. The van der Waals surface area contributed by atoms with E-state index in [1.165, 1.54) is 12.1 Å². The van der Waals surface area contributed by atoms with Gasteiger partial charge in [0.15, 0.2) is 9.84 Å². The van der Waals surface area contributed by atoms with Crippen molar-refractivity contribution in [1.29, 1.82) is 0 Å². The van der Waals surface area contributed by atoms with E-state index in [2.05, 4.69) is 5.32 Å². The van der Waals surface area contributed by atoms with Gasteiger partial charge in [-0.25, -0.2) is 8.42 Å². The quantitative estimate of drug-likeness (QED) is 0.647. The molecular formula is C11H14N2O4S. The van der Waals surface area contributed by atoms with Gasteiger partial charge in [0.2, 0.25) is 0 Å². The largest absolute Gasteiger partial charge is 0.309 e. The first-order chi connectivity index (χ1) is 8.46. The summed E-state index contributed by atoms with van der Waals surface area (Å²) in [5, 5.41) is 13.7. The molecule has 1 aliphatic heterocycles. The molecular weight excluding hydrogens is 256 g/mol. The molecule has 0 saturated carbocycles. The van der Waals surface area contributed by atoms with Gasteiger partial charge >= 0.3 is 0 Å². The molecule has 1 aromatic rings. The van der Waals surface area contributed by atoms with Crippen molar-refractivity contribution in [2.75, 3.05) is 11.5 Å². The molecule has 6 nitrogen and oxygen atoms in total. The Hall–Kier alpha value is -1.47. The number of hydrogen-bond acceptors (Lipinski definition) is 5. The van der Waals surface area contributed by atoms with E-state index in [0.717, 1.165) is 5.56 Å². The van der Waals surface area contributed by atoms with Gasteiger partial charge in [0, 0.05) is 24.7 Å².